The molecule has 0 atom stereocenters. The van der Waals surface area contributed by atoms with Gasteiger partial charge in [0.05, 0.1) is 0 Å². The summed E-state index contributed by atoms with van der Waals surface area (Å²) in [5.41, 5.74) is 9.29. The van der Waals surface area contributed by atoms with Crippen LogP contribution in [-0.4, -0.2) is 0 Å². The molecule has 7 aromatic rings. The zero-order chi connectivity index (χ0) is 25.8. The fourth-order valence-electron chi connectivity index (χ4n) is 6.48. The van der Waals surface area contributed by atoms with Gasteiger partial charge in [-0.15, -0.1) is 11.3 Å². The molecule has 0 nitrogen and oxygen atoms in total. The first-order valence-corrected chi connectivity index (χ1v) is 14.5. The van der Waals surface area contributed by atoms with Crippen molar-refractivity contribution in [1.82, 2.24) is 0 Å². The summed E-state index contributed by atoms with van der Waals surface area (Å²) in [5.74, 6) is 0. The molecule has 184 valence electrons. The molecule has 0 bridgehead atoms. The number of allylic oxidation sites excluding steroid dienone is 1. The Labute approximate surface area is 232 Å². The normalized spacial score (nSPS) is 12.8. The Bertz CT molecular complexity index is 2000. The van der Waals surface area contributed by atoms with E-state index in [1.165, 1.54) is 75.5 Å². The van der Waals surface area contributed by atoms with Gasteiger partial charge in [0.25, 0.3) is 0 Å². The van der Waals surface area contributed by atoms with Crippen LogP contribution in [-0.2, 0) is 6.42 Å². The maximum absolute atomic E-state index is 2.33. The van der Waals surface area contributed by atoms with Gasteiger partial charge in [-0.1, -0.05) is 127 Å². The van der Waals surface area contributed by atoms with E-state index in [2.05, 4.69) is 133 Å². The predicted molar refractivity (Wildman–Crippen MR) is 170 cm³/mol. The van der Waals surface area contributed by atoms with Gasteiger partial charge in [-0.2, -0.15) is 0 Å². The molecule has 0 aliphatic heterocycles. The van der Waals surface area contributed by atoms with Gasteiger partial charge in [-0.3, -0.25) is 0 Å². The van der Waals surface area contributed by atoms with Crippen LogP contribution in [0.3, 0.4) is 0 Å². The minimum absolute atomic E-state index is 1.13. The summed E-state index contributed by atoms with van der Waals surface area (Å²) < 4.78 is 1.40. The fourth-order valence-corrected chi connectivity index (χ4v) is 7.78. The summed E-state index contributed by atoms with van der Waals surface area (Å²) in [7, 11) is 0. The van der Waals surface area contributed by atoms with Gasteiger partial charge in [0.1, 0.15) is 0 Å². The van der Waals surface area contributed by atoms with Crippen LogP contribution in [0.1, 0.15) is 16.9 Å². The Hall–Kier alpha value is -4.46. The second-order valence-corrected chi connectivity index (χ2v) is 11.4. The van der Waals surface area contributed by atoms with Gasteiger partial charge in [0.2, 0.25) is 0 Å². The van der Waals surface area contributed by atoms with Crippen LogP contribution in [0.25, 0.3) is 71.1 Å². The van der Waals surface area contributed by atoms with Gasteiger partial charge in [0.15, 0.2) is 0 Å². The maximum Gasteiger partial charge on any atom is 0.0430 e. The highest BCUT2D eigenvalue weighted by atomic mass is 32.1. The lowest BCUT2D eigenvalue weighted by Gasteiger charge is -2.20. The largest absolute Gasteiger partial charge is 0.135 e. The molecule has 0 saturated heterocycles. The van der Waals surface area contributed by atoms with Crippen molar-refractivity contribution in [2.75, 3.05) is 0 Å². The SMILES string of the molecule is C1=Cc2sc3c(-c4c5ccccc5c(-c5ccccc5-c5ccccc5)c5ccccc45)cccc3c2CC1. The summed E-state index contributed by atoms with van der Waals surface area (Å²) in [6.45, 7) is 0. The van der Waals surface area contributed by atoms with Crippen LogP contribution in [0.15, 0.2) is 127 Å². The van der Waals surface area contributed by atoms with E-state index in [-0.39, 0.29) is 0 Å². The van der Waals surface area contributed by atoms with E-state index in [0.29, 0.717) is 0 Å². The molecule has 0 fully saturated rings. The third-order valence-electron chi connectivity index (χ3n) is 8.16. The molecule has 6 aromatic carbocycles. The Kier molecular flexibility index (Phi) is 5.24. The quantitative estimate of drug-likeness (QED) is 0.206. The lowest BCUT2D eigenvalue weighted by molar-refractivity contribution is 1.01. The standard InChI is InChI=1S/C38H26S/c1-2-13-25(14-3-1)26-15-4-5-17-28(26)36-29-18-6-8-20-31(29)37(32-21-9-7-19-30(32)36)34-23-12-22-33-27-16-10-11-24-35(27)39-38(33)34/h1-9,11-15,17-24H,10,16H2. The van der Waals surface area contributed by atoms with E-state index in [0.717, 1.165) is 12.8 Å². The molecule has 1 aliphatic carbocycles. The zero-order valence-corrected chi connectivity index (χ0v) is 22.3. The van der Waals surface area contributed by atoms with Crippen molar-refractivity contribution in [2.45, 2.75) is 12.8 Å². The molecule has 0 spiro atoms. The number of aryl methyl sites for hydroxylation is 1. The molecule has 0 amide bonds. The van der Waals surface area contributed by atoms with E-state index < -0.39 is 0 Å². The number of fused-ring (bicyclic) bond motifs is 5. The Balaban J connectivity index is 1.51. The second-order valence-electron chi connectivity index (χ2n) is 10.3. The van der Waals surface area contributed by atoms with Crippen molar-refractivity contribution in [3.63, 3.8) is 0 Å². The Morgan fingerprint density at radius 3 is 1.69 bits per heavy atom. The van der Waals surface area contributed by atoms with Crippen molar-refractivity contribution in [3.8, 4) is 33.4 Å². The number of benzene rings is 6. The monoisotopic (exact) mass is 514 g/mol. The molecule has 1 heterocycles. The van der Waals surface area contributed by atoms with Crippen molar-refractivity contribution in [1.29, 1.82) is 0 Å². The van der Waals surface area contributed by atoms with Crippen molar-refractivity contribution in [3.05, 3.63) is 138 Å². The first kappa shape index (κ1) is 22.5. The maximum atomic E-state index is 2.33. The third kappa shape index (κ3) is 3.51. The molecular weight excluding hydrogens is 488 g/mol. The third-order valence-corrected chi connectivity index (χ3v) is 9.41. The van der Waals surface area contributed by atoms with Gasteiger partial charge in [-0.25, -0.2) is 0 Å². The summed E-state index contributed by atoms with van der Waals surface area (Å²) in [6, 6.07) is 44.6. The van der Waals surface area contributed by atoms with Crippen LogP contribution >= 0.6 is 11.3 Å². The first-order chi connectivity index (χ1) is 19.4. The van der Waals surface area contributed by atoms with Gasteiger partial charge < -0.3 is 0 Å². The lowest BCUT2D eigenvalue weighted by Crippen LogP contribution is -1.93. The number of hydrogen-bond donors (Lipinski definition) is 0. The van der Waals surface area contributed by atoms with Crippen LogP contribution in [0.4, 0.5) is 0 Å². The van der Waals surface area contributed by atoms with Gasteiger partial charge in [0, 0.05) is 15.1 Å². The molecule has 0 N–H and O–H groups in total. The number of hydrogen-bond acceptors (Lipinski definition) is 1. The highest BCUT2D eigenvalue weighted by molar-refractivity contribution is 7.20. The average molecular weight is 515 g/mol. The number of rotatable bonds is 3. The first-order valence-electron chi connectivity index (χ1n) is 13.7. The van der Waals surface area contributed by atoms with E-state index in [1.807, 2.05) is 11.3 Å². The zero-order valence-electron chi connectivity index (χ0n) is 21.5. The van der Waals surface area contributed by atoms with Gasteiger partial charge >= 0.3 is 0 Å². The molecular formula is C38H26S. The highest BCUT2D eigenvalue weighted by Gasteiger charge is 2.21. The Morgan fingerprint density at radius 2 is 1.00 bits per heavy atom. The Morgan fingerprint density at radius 1 is 0.462 bits per heavy atom. The summed E-state index contributed by atoms with van der Waals surface area (Å²) in [4.78, 5) is 1.42. The summed E-state index contributed by atoms with van der Waals surface area (Å²) in [6.07, 6.45) is 6.91. The van der Waals surface area contributed by atoms with E-state index in [9.17, 15) is 0 Å². The molecule has 39 heavy (non-hydrogen) atoms. The predicted octanol–water partition coefficient (Wildman–Crippen LogP) is 11.2. The second kappa shape index (κ2) is 9.08. The molecule has 1 heteroatoms. The molecule has 1 aliphatic rings. The van der Waals surface area contributed by atoms with Crippen LogP contribution in [0, 0.1) is 0 Å². The van der Waals surface area contributed by atoms with Gasteiger partial charge in [-0.05, 0) is 79.2 Å². The topological polar surface area (TPSA) is 0 Å². The van der Waals surface area contributed by atoms with Crippen LogP contribution in [0.2, 0.25) is 0 Å². The van der Waals surface area contributed by atoms with Crippen molar-refractivity contribution >= 4 is 49.0 Å². The molecule has 0 unspecified atom stereocenters. The van der Waals surface area contributed by atoms with Crippen molar-refractivity contribution < 1.29 is 0 Å². The van der Waals surface area contributed by atoms with Crippen LogP contribution in [0.5, 0.6) is 0 Å². The van der Waals surface area contributed by atoms with Crippen molar-refractivity contribution in [2.24, 2.45) is 0 Å². The average Bonchev–Trinajstić information content (AvgIpc) is 3.39. The summed E-state index contributed by atoms with van der Waals surface area (Å²) >= 11 is 1.95. The molecule has 0 saturated carbocycles. The summed E-state index contributed by atoms with van der Waals surface area (Å²) in [5, 5.41) is 6.64. The fraction of sp³-hybridized carbons (Fsp3) is 0.0526. The lowest BCUT2D eigenvalue weighted by atomic mass is 9.83. The minimum atomic E-state index is 1.13. The van der Waals surface area contributed by atoms with Crippen LogP contribution < -0.4 is 0 Å². The van der Waals surface area contributed by atoms with E-state index in [1.54, 1.807) is 0 Å². The number of thiophene rings is 1. The minimum Gasteiger partial charge on any atom is -0.135 e. The molecule has 1 aromatic heterocycles. The van der Waals surface area contributed by atoms with E-state index >= 15 is 0 Å². The molecule has 8 rings (SSSR count). The highest BCUT2D eigenvalue weighted by Crippen LogP contribution is 2.49. The smallest absolute Gasteiger partial charge is 0.0430 e. The molecule has 0 radical (unpaired) electrons. The van der Waals surface area contributed by atoms with E-state index in [4.69, 9.17) is 0 Å².